The minimum Gasteiger partial charge on any atom is -0.476 e. The summed E-state index contributed by atoms with van der Waals surface area (Å²) in [7, 11) is 0. The third kappa shape index (κ3) is 2.06. The van der Waals surface area contributed by atoms with E-state index in [0.717, 1.165) is 30.8 Å². The molecule has 1 fully saturated rings. The van der Waals surface area contributed by atoms with Crippen LogP contribution in [0, 0.1) is 5.92 Å². The number of carbonyl (C=O) groups excluding carboxylic acids is 1. The van der Waals surface area contributed by atoms with Crippen molar-refractivity contribution < 1.29 is 14.7 Å². The summed E-state index contributed by atoms with van der Waals surface area (Å²) in [5.41, 5.74) is -0.0550. The van der Waals surface area contributed by atoms with E-state index in [9.17, 15) is 9.59 Å². The average Bonchev–Trinajstić information content (AvgIpc) is 2.84. The summed E-state index contributed by atoms with van der Waals surface area (Å²) < 4.78 is 0. The van der Waals surface area contributed by atoms with Crippen LogP contribution in [0.15, 0.2) is 5.38 Å². The van der Waals surface area contributed by atoms with Crippen LogP contribution in [-0.2, 0) is 0 Å². The molecule has 1 amide bonds. The fourth-order valence-electron chi connectivity index (χ4n) is 1.72. The van der Waals surface area contributed by atoms with E-state index in [1.54, 1.807) is 4.90 Å². The average molecular weight is 240 g/mol. The number of amides is 1. The van der Waals surface area contributed by atoms with Crippen LogP contribution in [0.4, 0.5) is 0 Å². The standard InChI is InChI=1S/C10H12N2O3S/c1-6-2-3-12(4-6)9(13)8-11-7(5-16-8)10(14)15/h5-6H,2-4H2,1H3,(H,14,15). The molecular weight excluding hydrogens is 228 g/mol. The molecule has 0 aliphatic carbocycles. The van der Waals surface area contributed by atoms with Crippen molar-refractivity contribution in [3.63, 3.8) is 0 Å². The molecule has 0 bridgehead atoms. The van der Waals surface area contributed by atoms with Gasteiger partial charge in [-0.1, -0.05) is 6.92 Å². The molecule has 0 aromatic carbocycles. The Morgan fingerprint density at radius 3 is 2.88 bits per heavy atom. The monoisotopic (exact) mass is 240 g/mol. The third-order valence-corrected chi connectivity index (χ3v) is 3.45. The number of thiazole rings is 1. The van der Waals surface area contributed by atoms with E-state index < -0.39 is 5.97 Å². The second-order valence-corrected chi connectivity index (χ2v) is 4.85. The first-order chi connectivity index (χ1) is 7.58. The maximum absolute atomic E-state index is 11.9. The molecule has 0 saturated carbocycles. The minimum absolute atomic E-state index is 0.0550. The molecular formula is C10H12N2O3S. The Morgan fingerprint density at radius 2 is 2.38 bits per heavy atom. The van der Waals surface area contributed by atoms with Gasteiger partial charge in [0.1, 0.15) is 0 Å². The van der Waals surface area contributed by atoms with E-state index in [4.69, 9.17) is 5.11 Å². The molecule has 1 saturated heterocycles. The Morgan fingerprint density at radius 1 is 1.62 bits per heavy atom. The zero-order valence-electron chi connectivity index (χ0n) is 8.84. The molecule has 2 heterocycles. The van der Waals surface area contributed by atoms with Gasteiger partial charge < -0.3 is 10.0 Å². The first-order valence-electron chi connectivity index (χ1n) is 5.06. The molecule has 16 heavy (non-hydrogen) atoms. The molecule has 86 valence electrons. The van der Waals surface area contributed by atoms with Gasteiger partial charge >= 0.3 is 5.97 Å². The summed E-state index contributed by atoms with van der Waals surface area (Å²) >= 11 is 1.09. The second-order valence-electron chi connectivity index (χ2n) is 3.99. The number of carboxylic acids is 1. The zero-order valence-corrected chi connectivity index (χ0v) is 9.66. The number of aromatic nitrogens is 1. The lowest BCUT2D eigenvalue weighted by molar-refractivity contribution is 0.0691. The van der Waals surface area contributed by atoms with E-state index in [1.807, 2.05) is 0 Å². The Hall–Kier alpha value is -1.43. The van der Waals surface area contributed by atoms with Crippen molar-refractivity contribution in [2.24, 2.45) is 5.92 Å². The highest BCUT2D eigenvalue weighted by Crippen LogP contribution is 2.19. The van der Waals surface area contributed by atoms with Crippen molar-refractivity contribution in [3.05, 3.63) is 16.1 Å². The van der Waals surface area contributed by atoms with Gasteiger partial charge in [0.2, 0.25) is 0 Å². The molecule has 6 heteroatoms. The Kier molecular flexibility index (Phi) is 2.91. The number of hydrogen-bond acceptors (Lipinski definition) is 4. The van der Waals surface area contributed by atoms with Crippen molar-refractivity contribution in [2.45, 2.75) is 13.3 Å². The van der Waals surface area contributed by atoms with Gasteiger partial charge in [0, 0.05) is 18.5 Å². The molecule has 5 nitrogen and oxygen atoms in total. The van der Waals surface area contributed by atoms with Crippen LogP contribution < -0.4 is 0 Å². The maximum atomic E-state index is 11.9. The molecule has 0 spiro atoms. The third-order valence-electron chi connectivity index (χ3n) is 2.62. The molecule has 2 rings (SSSR count). The molecule has 1 aliphatic rings. The number of carbonyl (C=O) groups is 2. The van der Waals surface area contributed by atoms with E-state index >= 15 is 0 Å². The number of carboxylic acid groups (broad SMARTS) is 1. The fraction of sp³-hybridized carbons (Fsp3) is 0.500. The summed E-state index contributed by atoms with van der Waals surface area (Å²) in [5.74, 6) is -0.727. The van der Waals surface area contributed by atoms with E-state index in [2.05, 4.69) is 11.9 Å². The number of likely N-dealkylation sites (tertiary alicyclic amines) is 1. The highest BCUT2D eigenvalue weighted by molar-refractivity contribution is 7.11. The minimum atomic E-state index is -1.09. The van der Waals surface area contributed by atoms with Gasteiger partial charge in [0.05, 0.1) is 0 Å². The van der Waals surface area contributed by atoms with Gasteiger partial charge in [-0.3, -0.25) is 4.79 Å². The Labute approximate surface area is 96.7 Å². The summed E-state index contributed by atoms with van der Waals surface area (Å²) in [5, 5.41) is 10.4. The Bertz CT molecular complexity index is 429. The van der Waals surface area contributed by atoms with Gasteiger partial charge in [0.15, 0.2) is 10.7 Å². The highest BCUT2D eigenvalue weighted by atomic mass is 32.1. The number of hydrogen-bond donors (Lipinski definition) is 1. The smallest absolute Gasteiger partial charge is 0.355 e. The van der Waals surface area contributed by atoms with Crippen LogP contribution >= 0.6 is 11.3 Å². The lowest BCUT2D eigenvalue weighted by Gasteiger charge is -2.13. The molecule has 1 aliphatic heterocycles. The van der Waals surface area contributed by atoms with Crippen molar-refractivity contribution in [2.75, 3.05) is 13.1 Å². The first kappa shape index (κ1) is 11.1. The number of nitrogens with zero attached hydrogens (tertiary/aromatic N) is 2. The molecule has 1 unspecified atom stereocenters. The van der Waals surface area contributed by atoms with Crippen molar-refractivity contribution in [1.82, 2.24) is 9.88 Å². The predicted octanol–water partition coefficient (Wildman–Crippen LogP) is 1.32. The lowest BCUT2D eigenvalue weighted by atomic mass is 10.2. The quantitative estimate of drug-likeness (QED) is 0.846. The predicted molar refractivity (Wildman–Crippen MR) is 58.8 cm³/mol. The molecule has 1 atom stereocenters. The summed E-state index contributed by atoms with van der Waals surface area (Å²) in [6.07, 6.45) is 1.00. The molecule has 1 aromatic rings. The van der Waals surface area contributed by atoms with Crippen molar-refractivity contribution >= 4 is 23.2 Å². The van der Waals surface area contributed by atoms with Crippen molar-refractivity contribution in [1.29, 1.82) is 0 Å². The van der Waals surface area contributed by atoms with Crippen LogP contribution in [0.1, 0.15) is 33.6 Å². The SMILES string of the molecule is CC1CCN(C(=O)c2nc(C(=O)O)cs2)C1. The summed E-state index contributed by atoms with van der Waals surface area (Å²) in [4.78, 5) is 28.1. The lowest BCUT2D eigenvalue weighted by Crippen LogP contribution is -2.28. The topological polar surface area (TPSA) is 70.5 Å². The summed E-state index contributed by atoms with van der Waals surface area (Å²) in [6.45, 7) is 3.57. The molecule has 0 radical (unpaired) electrons. The largest absolute Gasteiger partial charge is 0.476 e. The van der Waals surface area contributed by atoms with Crippen molar-refractivity contribution in [3.8, 4) is 0 Å². The van der Waals surface area contributed by atoms with Gasteiger partial charge in [-0.2, -0.15) is 0 Å². The zero-order chi connectivity index (χ0) is 11.7. The van der Waals surface area contributed by atoms with Gasteiger partial charge in [-0.25, -0.2) is 9.78 Å². The van der Waals surface area contributed by atoms with Gasteiger partial charge in [-0.05, 0) is 12.3 Å². The number of rotatable bonds is 2. The second kappa shape index (κ2) is 4.21. The van der Waals surface area contributed by atoms with E-state index in [0.29, 0.717) is 5.92 Å². The Balaban J connectivity index is 2.11. The first-order valence-corrected chi connectivity index (χ1v) is 5.94. The molecule has 1 N–H and O–H groups in total. The van der Waals surface area contributed by atoms with Gasteiger partial charge in [0.25, 0.3) is 5.91 Å². The fourth-order valence-corrected chi connectivity index (χ4v) is 2.48. The normalized spacial score (nSPS) is 20.1. The molecule has 1 aromatic heterocycles. The van der Waals surface area contributed by atoms with Crippen LogP contribution in [0.25, 0.3) is 0 Å². The summed E-state index contributed by atoms with van der Waals surface area (Å²) in [6, 6.07) is 0. The van der Waals surface area contributed by atoms with Gasteiger partial charge in [-0.15, -0.1) is 11.3 Å². The van der Waals surface area contributed by atoms with E-state index in [1.165, 1.54) is 5.38 Å². The highest BCUT2D eigenvalue weighted by Gasteiger charge is 2.26. The van der Waals surface area contributed by atoms with E-state index in [-0.39, 0.29) is 16.6 Å². The van der Waals surface area contributed by atoms with Crippen LogP contribution in [-0.4, -0.2) is 40.0 Å². The van der Waals surface area contributed by atoms with Crippen LogP contribution in [0.5, 0.6) is 0 Å². The van der Waals surface area contributed by atoms with Crippen LogP contribution in [0.3, 0.4) is 0 Å². The maximum Gasteiger partial charge on any atom is 0.355 e. The van der Waals surface area contributed by atoms with Crippen LogP contribution in [0.2, 0.25) is 0 Å². The number of aromatic carboxylic acids is 1.